The third-order valence-electron chi connectivity index (χ3n) is 3.30. The topological polar surface area (TPSA) is 29.8 Å². The van der Waals surface area contributed by atoms with Crippen LogP contribution in [-0.2, 0) is 4.65 Å². The quantitative estimate of drug-likeness (QED) is 0.623. The summed E-state index contributed by atoms with van der Waals surface area (Å²) >= 11 is 0. The van der Waals surface area contributed by atoms with Gasteiger partial charge in [0.2, 0.25) is 0 Å². The van der Waals surface area contributed by atoms with Gasteiger partial charge in [-0.25, -0.2) is 0 Å². The summed E-state index contributed by atoms with van der Waals surface area (Å²) in [6.45, 7) is 2.42. The molecule has 0 amide bonds. The van der Waals surface area contributed by atoms with Crippen LogP contribution in [0.3, 0.4) is 0 Å². The monoisotopic (exact) mass is 316 g/mol. The largest absolute Gasteiger partial charge is 0.995 e. The molecule has 0 N–H and O–H groups in total. The van der Waals surface area contributed by atoms with Gasteiger partial charge in [0.25, 0.3) is 5.78 Å². The molecular formula is C17H15BF2O3. The van der Waals surface area contributed by atoms with Crippen LogP contribution in [0.1, 0.15) is 22.4 Å². The molecule has 3 nitrogen and oxygen atoms in total. The normalized spacial score (nSPS) is 16.1. The second kappa shape index (κ2) is 6.24. The summed E-state index contributed by atoms with van der Waals surface area (Å²) in [5, 5.41) is 0. The highest BCUT2D eigenvalue weighted by atomic mass is 19.3. The van der Waals surface area contributed by atoms with Crippen molar-refractivity contribution in [3.63, 3.8) is 0 Å². The molecule has 3 rings (SSSR count). The zero-order chi connectivity index (χ0) is 16.3. The van der Waals surface area contributed by atoms with Gasteiger partial charge in [0.05, 0.1) is 24.0 Å². The van der Waals surface area contributed by atoms with Crippen LogP contribution in [0.15, 0.2) is 60.7 Å². The number of halogens is 2. The van der Waals surface area contributed by atoms with Crippen molar-refractivity contribution < 1.29 is 22.4 Å². The van der Waals surface area contributed by atoms with E-state index in [1.165, 1.54) is 6.08 Å². The Kier molecular flexibility index (Phi) is 4.15. The zero-order valence-electron chi connectivity index (χ0n) is 12.5. The minimum absolute atomic E-state index is 0.0724. The lowest BCUT2D eigenvalue weighted by atomic mass is 10.0. The van der Waals surface area contributed by atoms with E-state index in [4.69, 9.17) is 13.7 Å². The maximum atomic E-state index is 13.8. The Hall–Kier alpha value is -2.63. The molecule has 2 aromatic carbocycles. The third-order valence-corrected chi connectivity index (χ3v) is 3.30. The fourth-order valence-corrected chi connectivity index (χ4v) is 2.29. The first-order valence-electron chi connectivity index (χ1n) is 7.33. The Morgan fingerprint density at radius 2 is 1.70 bits per heavy atom. The van der Waals surface area contributed by atoms with Crippen LogP contribution in [0, 0.1) is 0 Å². The van der Waals surface area contributed by atoms with Crippen molar-refractivity contribution in [1.29, 1.82) is 0 Å². The first-order valence-corrected chi connectivity index (χ1v) is 7.33. The van der Waals surface area contributed by atoms with E-state index in [9.17, 15) is 8.63 Å². The summed E-state index contributed by atoms with van der Waals surface area (Å²) in [5.74, 6) is 0.835. The van der Waals surface area contributed by atoms with E-state index < -0.39 is 7.11 Å². The maximum Gasteiger partial charge on any atom is 0.995 e. The van der Waals surface area contributed by atoms with Crippen LogP contribution in [0.4, 0.5) is 8.63 Å². The van der Waals surface area contributed by atoms with Crippen LogP contribution in [0.25, 0.3) is 5.76 Å². The average Bonchev–Trinajstić information content (AvgIpc) is 2.55. The second-order valence-corrected chi connectivity index (χ2v) is 4.97. The maximum absolute atomic E-state index is 13.8. The van der Waals surface area contributed by atoms with Crippen molar-refractivity contribution in [2.75, 3.05) is 6.61 Å². The number of allylic oxidation sites excluding steroid dienone is 1. The van der Waals surface area contributed by atoms with E-state index >= 15 is 0 Å². The Labute approximate surface area is 132 Å². The molecule has 118 valence electrons. The molecule has 0 atom stereocenters. The fraction of sp³-hybridized carbons (Fsp3) is 0.118. The molecule has 0 saturated carbocycles. The molecule has 1 aliphatic rings. The van der Waals surface area contributed by atoms with E-state index in [1.54, 1.807) is 48.5 Å². The first-order chi connectivity index (χ1) is 11.1. The Balaban J connectivity index is 1.95. The highest BCUT2D eigenvalue weighted by Gasteiger charge is 2.53. The van der Waals surface area contributed by atoms with Gasteiger partial charge in [-0.05, 0) is 43.3 Å². The van der Waals surface area contributed by atoms with Crippen LogP contribution in [0.2, 0.25) is 0 Å². The number of benzene rings is 2. The van der Waals surface area contributed by atoms with Gasteiger partial charge in [0.15, 0.2) is 0 Å². The van der Waals surface area contributed by atoms with Crippen LogP contribution in [-0.4, -0.2) is 19.5 Å². The standard InChI is InChI=1S/C17H15BF2O3/c1-2-21-15-10-8-14(9-11-15)17-12-16(22-18(19,20)23-17)13-6-4-3-5-7-13/h3-12H,2H2,1H3. The zero-order valence-corrected chi connectivity index (χ0v) is 12.5. The molecule has 2 aromatic rings. The van der Waals surface area contributed by atoms with Crippen molar-refractivity contribution in [1.82, 2.24) is 0 Å². The summed E-state index contributed by atoms with van der Waals surface area (Å²) in [6, 6.07) is 15.5. The Morgan fingerprint density at radius 1 is 1.00 bits per heavy atom. The van der Waals surface area contributed by atoms with Gasteiger partial charge in [-0.2, -0.15) is 0 Å². The van der Waals surface area contributed by atoms with Crippen molar-refractivity contribution in [3.05, 3.63) is 71.8 Å². The van der Waals surface area contributed by atoms with Gasteiger partial charge in [0, 0.05) is 5.56 Å². The molecular weight excluding hydrogens is 301 g/mol. The van der Waals surface area contributed by atoms with Gasteiger partial charge in [-0.3, -0.25) is 0 Å². The average molecular weight is 316 g/mol. The molecule has 0 aromatic heterocycles. The molecule has 0 saturated heterocycles. The van der Waals surface area contributed by atoms with Crippen molar-refractivity contribution in [3.8, 4) is 5.75 Å². The molecule has 23 heavy (non-hydrogen) atoms. The van der Waals surface area contributed by atoms with Crippen molar-refractivity contribution in [2.24, 2.45) is 0 Å². The molecule has 0 unspecified atom stereocenters. The predicted octanol–water partition coefficient (Wildman–Crippen LogP) is 4.25. The van der Waals surface area contributed by atoms with Crippen molar-refractivity contribution >= 4 is 18.6 Å². The smallest absolute Gasteiger partial charge is 0.569 e. The molecule has 6 heteroatoms. The van der Waals surface area contributed by atoms with Crippen molar-refractivity contribution in [2.45, 2.75) is 6.92 Å². The summed E-state index contributed by atoms with van der Waals surface area (Å²) in [4.78, 5) is 0. The van der Waals surface area contributed by atoms with Crippen LogP contribution >= 0.6 is 0 Å². The van der Waals surface area contributed by atoms with Crippen LogP contribution < -0.4 is 4.74 Å². The van der Waals surface area contributed by atoms with E-state index in [0.29, 0.717) is 23.5 Å². The minimum atomic E-state index is -4.40. The minimum Gasteiger partial charge on any atom is -0.569 e. The predicted molar refractivity (Wildman–Crippen MR) is 85.4 cm³/mol. The molecule has 0 aliphatic carbocycles. The molecule has 1 aliphatic heterocycles. The van der Waals surface area contributed by atoms with E-state index in [0.717, 1.165) is 0 Å². The molecule has 0 bridgehead atoms. The number of ether oxygens (including phenoxy) is 1. The summed E-state index contributed by atoms with van der Waals surface area (Å²) in [5.41, 5.74) is 1.10. The number of ketones is 1. The van der Waals surface area contributed by atoms with Gasteiger partial charge in [-0.1, -0.05) is 18.2 Å². The molecule has 1 heterocycles. The van der Waals surface area contributed by atoms with E-state index in [2.05, 4.69) is 0 Å². The summed E-state index contributed by atoms with van der Waals surface area (Å²) < 4.78 is 42.4. The SMILES string of the molecule is CCOc1ccc(C2=CC(c3ccccc3)=[O+][B-](F)(F)O2)cc1. The molecule has 0 spiro atoms. The second-order valence-electron chi connectivity index (χ2n) is 4.97. The number of carbonyl (C=O) groups excluding carboxylic acids is 1. The van der Waals surface area contributed by atoms with Gasteiger partial charge < -0.3 is 22.4 Å². The molecule has 0 fully saturated rings. The van der Waals surface area contributed by atoms with Gasteiger partial charge >= 0.3 is 7.11 Å². The van der Waals surface area contributed by atoms with Gasteiger partial charge in [0.1, 0.15) is 5.75 Å². The highest BCUT2D eigenvalue weighted by molar-refractivity contribution is 6.52. The third kappa shape index (κ3) is 3.59. The van der Waals surface area contributed by atoms with E-state index in [-0.39, 0.29) is 11.5 Å². The summed E-state index contributed by atoms with van der Waals surface area (Å²) in [6.07, 6.45) is 1.48. The van der Waals surface area contributed by atoms with E-state index in [1.807, 2.05) is 13.0 Å². The van der Waals surface area contributed by atoms with Crippen LogP contribution in [0.5, 0.6) is 5.75 Å². The lowest BCUT2D eigenvalue weighted by Crippen LogP contribution is -2.30. The number of hydrogen-bond acceptors (Lipinski definition) is 2. The lowest BCUT2D eigenvalue weighted by Gasteiger charge is -2.20. The summed E-state index contributed by atoms with van der Waals surface area (Å²) in [7, 11) is -4.40. The molecule has 0 radical (unpaired) electrons. The first kappa shape index (κ1) is 15.3. The number of rotatable bonds is 4. The van der Waals surface area contributed by atoms with Gasteiger partial charge in [-0.15, -0.1) is 0 Å². The Bertz CT molecular complexity index is 740. The highest BCUT2D eigenvalue weighted by Crippen LogP contribution is 2.29. The fourth-order valence-electron chi connectivity index (χ4n) is 2.29. The lowest BCUT2D eigenvalue weighted by molar-refractivity contribution is -0.183. The number of hydrogen-bond donors (Lipinski definition) is 0. The Morgan fingerprint density at radius 3 is 2.35 bits per heavy atom.